The van der Waals surface area contributed by atoms with Crippen molar-refractivity contribution < 1.29 is 24.2 Å². The van der Waals surface area contributed by atoms with Gasteiger partial charge in [-0.1, -0.05) is 25.8 Å². The van der Waals surface area contributed by atoms with Gasteiger partial charge in [-0.25, -0.2) is 9.59 Å². The van der Waals surface area contributed by atoms with E-state index in [0.717, 1.165) is 38.5 Å². The molecule has 138 valence electrons. The molecule has 0 saturated heterocycles. The summed E-state index contributed by atoms with van der Waals surface area (Å²) in [6.07, 6.45) is 6.08. The highest BCUT2D eigenvalue weighted by Crippen LogP contribution is 2.14. The summed E-state index contributed by atoms with van der Waals surface area (Å²) in [5.41, 5.74) is 0.694. The quantitative estimate of drug-likeness (QED) is 0.339. The highest BCUT2D eigenvalue weighted by atomic mass is 16.5. The number of carbonyl (C=O) groups excluding carboxylic acids is 1. The molecule has 0 heterocycles. The molecule has 0 spiro atoms. The predicted octanol–water partition coefficient (Wildman–Crippen LogP) is 4.61. The SMILES string of the molecule is C=C(C)C(=O)OC(C)CCCCCCCOc1ccc(C(=O)O)cc1. The van der Waals surface area contributed by atoms with Gasteiger partial charge in [-0.3, -0.25) is 0 Å². The molecule has 1 rings (SSSR count). The fraction of sp³-hybridized carbons (Fsp3) is 0.500. The van der Waals surface area contributed by atoms with Crippen LogP contribution in [0.15, 0.2) is 36.4 Å². The molecule has 0 aromatic heterocycles. The van der Waals surface area contributed by atoms with Gasteiger partial charge in [0.2, 0.25) is 0 Å². The summed E-state index contributed by atoms with van der Waals surface area (Å²) in [5, 5.41) is 8.82. The highest BCUT2D eigenvalue weighted by Gasteiger charge is 2.09. The molecule has 5 nitrogen and oxygen atoms in total. The molecule has 0 aliphatic rings. The van der Waals surface area contributed by atoms with Crippen molar-refractivity contribution in [3.63, 3.8) is 0 Å². The maximum absolute atomic E-state index is 11.4. The van der Waals surface area contributed by atoms with Gasteiger partial charge in [-0.15, -0.1) is 0 Å². The highest BCUT2D eigenvalue weighted by molar-refractivity contribution is 5.87. The Balaban J connectivity index is 2.02. The van der Waals surface area contributed by atoms with Crippen LogP contribution < -0.4 is 4.74 Å². The molecule has 0 radical (unpaired) electrons. The second kappa shape index (κ2) is 11.3. The molecule has 25 heavy (non-hydrogen) atoms. The summed E-state index contributed by atoms with van der Waals surface area (Å²) in [5.74, 6) is -0.561. The number of carboxylic acid groups (broad SMARTS) is 1. The number of carbonyl (C=O) groups is 2. The molecule has 0 fully saturated rings. The van der Waals surface area contributed by atoms with E-state index in [1.165, 1.54) is 0 Å². The molecule has 1 aromatic carbocycles. The van der Waals surface area contributed by atoms with Gasteiger partial charge in [-0.2, -0.15) is 0 Å². The Bertz CT molecular complexity index is 562. The number of aromatic carboxylic acids is 1. The first-order valence-electron chi connectivity index (χ1n) is 8.72. The lowest BCUT2D eigenvalue weighted by atomic mass is 10.1. The monoisotopic (exact) mass is 348 g/mol. The van der Waals surface area contributed by atoms with E-state index in [4.69, 9.17) is 14.6 Å². The second-order valence-electron chi connectivity index (χ2n) is 6.23. The van der Waals surface area contributed by atoms with Crippen LogP contribution in [0.5, 0.6) is 5.75 Å². The first-order valence-corrected chi connectivity index (χ1v) is 8.72. The normalized spacial score (nSPS) is 11.6. The number of unbranched alkanes of at least 4 members (excludes halogenated alkanes) is 4. The summed E-state index contributed by atoms with van der Waals surface area (Å²) in [7, 11) is 0. The fourth-order valence-corrected chi connectivity index (χ4v) is 2.29. The van der Waals surface area contributed by atoms with Crippen molar-refractivity contribution in [3.05, 3.63) is 42.0 Å². The van der Waals surface area contributed by atoms with Crippen LogP contribution in [0, 0.1) is 0 Å². The standard InChI is InChI=1S/C20H28O5/c1-15(2)20(23)25-16(3)9-7-5-4-6-8-14-24-18-12-10-17(11-13-18)19(21)22/h10-13,16H,1,4-9,14H2,2-3H3,(H,21,22). The lowest BCUT2D eigenvalue weighted by Crippen LogP contribution is -2.15. The zero-order chi connectivity index (χ0) is 18.7. The van der Waals surface area contributed by atoms with Crippen molar-refractivity contribution in [2.45, 2.75) is 58.5 Å². The largest absolute Gasteiger partial charge is 0.494 e. The summed E-state index contributed by atoms with van der Waals surface area (Å²) < 4.78 is 10.8. The summed E-state index contributed by atoms with van der Waals surface area (Å²) in [6.45, 7) is 7.75. The molecule has 0 aliphatic carbocycles. The van der Waals surface area contributed by atoms with Crippen LogP contribution in [0.3, 0.4) is 0 Å². The smallest absolute Gasteiger partial charge is 0.335 e. The fourth-order valence-electron chi connectivity index (χ4n) is 2.29. The molecule has 0 bridgehead atoms. The Morgan fingerprint density at radius 3 is 2.28 bits per heavy atom. The number of ether oxygens (including phenoxy) is 2. The van der Waals surface area contributed by atoms with Crippen LogP contribution in [0.25, 0.3) is 0 Å². The minimum Gasteiger partial charge on any atom is -0.494 e. The molecule has 1 unspecified atom stereocenters. The van der Waals surface area contributed by atoms with Crippen LogP contribution in [0.2, 0.25) is 0 Å². The van der Waals surface area contributed by atoms with E-state index in [-0.39, 0.29) is 17.6 Å². The minimum atomic E-state index is -0.935. The van der Waals surface area contributed by atoms with Gasteiger partial charge in [0.25, 0.3) is 0 Å². The number of esters is 1. The van der Waals surface area contributed by atoms with E-state index >= 15 is 0 Å². The van der Waals surface area contributed by atoms with E-state index in [2.05, 4.69) is 6.58 Å². The lowest BCUT2D eigenvalue weighted by molar-refractivity contribution is -0.143. The zero-order valence-corrected chi connectivity index (χ0v) is 15.1. The third-order valence-electron chi connectivity index (χ3n) is 3.78. The van der Waals surface area contributed by atoms with E-state index < -0.39 is 5.97 Å². The predicted molar refractivity (Wildman–Crippen MR) is 97.0 cm³/mol. The lowest BCUT2D eigenvalue weighted by Gasteiger charge is -2.12. The number of rotatable bonds is 12. The van der Waals surface area contributed by atoms with E-state index in [1.54, 1.807) is 31.2 Å². The average molecular weight is 348 g/mol. The third-order valence-corrected chi connectivity index (χ3v) is 3.78. The van der Waals surface area contributed by atoms with Gasteiger partial charge in [0.15, 0.2) is 0 Å². The topological polar surface area (TPSA) is 72.8 Å². The van der Waals surface area contributed by atoms with E-state index in [9.17, 15) is 9.59 Å². The van der Waals surface area contributed by atoms with Crippen LogP contribution in [-0.2, 0) is 9.53 Å². The van der Waals surface area contributed by atoms with Gasteiger partial charge in [-0.05, 0) is 57.4 Å². The molecule has 1 aromatic rings. The zero-order valence-electron chi connectivity index (χ0n) is 15.1. The molecular formula is C20H28O5. The van der Waals surface area contributed by atoms with Crippen LogP contribution in [0.1, 0.15) is 62.7 Å². The maximum atomic E-state index is 11.4. The Morgan fingerprint density at radius 2 is 1.68 bits per heavy atom. The van der Waals surface area contributed by atoms with Crippen LogP contribution in [-0.4, -0.2) is 29.8 Å². The van der Waals surface area contributed by atoms with Crippen molar-refractivity contribution >= 4 is 11.9 Å². The maximum Gasteiger partial charge on any atom is 0.335 e. The average Bonchev–Trinajstić information content (AvgIpc) is 2.57. The van der Waals surface area contributed by atoms with Gasteiger partial charge < -0.3 is 14.6 Å². The molecule has 0 aliphatic heterocycles. The van der Waals surface area contributed by atoms with Gasteiger partial charge in [0.05, 0.1) is 18.3 Å². The molecule has 1 N–H and O–H groups in total. The molecule has 5 heteroatoms. The van der Waals surface area contributed by atoms with E-state index in [0.29, 0.717) is 17.9 Å². The van der Waals surface area contributed by atoms with Crippen molar-refractivity contribution in [3.8, 4) is 5.75 Å². The molecular weight excluding hydrogens is 320 g/mol. The number of benzene rings is 1. The Morgan fingerprint density at radius 1 is 1.08 bits per heavy atom. The van der Waals surface area contributed by atoms with Crippen molar-refractivity contribution in [2.24, 2.45) is 0 Å². The van der Waals surface area contributed by atoms with Crippen LogP contribution >= 0.6 is 0 Å². The van der Waals surface area contributed by atoms with Gasteiger partial charge >= 0.3 is 11.9 Å². The first-order chi connectivity index (χ1) is 11.9. The molecule has 0 saturated carbocycles. The van der Waals surface area contributed by atoms with E-state index in [1.807, 2.05) is 6.92 Å². The Hall–Kier alpha value is -2.30. The van der Waals surface area contributed by atoms with Crippen molar-refractivity contribution in [1.29, 1.82) is 0 Å². The first kappa shape index (κ1) is 20.7. The molecule has 0 amide bonds. The van der Waals surface area contributed by atoms with Crippen molar-refractivity contribution in [2.75, 3.05) is 6.61 Å². The van der Waals surface area contributed by atoms with Gasteiger partial charge in [0, 0.05) is 5.57 Å². The third kappa shape index (κ3) is 8.94. The molecule has 1 atom stereocenters. The van der Waals surface area contributed by atoms with Crippen molar-refractivity contribution in [1.82, 2.24) is 0 Å². The van der Waals surface area contributed by atoms with Crippen LogP contribution in [0.4, 0.5) is 0 Å². The number of hydrogen-bond acceptors (Lipinski definition) is 4. The van der Waals surface area contributed by atoms with Gasteiger partial charge in [0.1, 0.15) is 5.75 Å². The Kier molecular flexibility index (Phi) is 9.37. The summed E-state index contributed by atoms with van der Waals surface area (Å²) in [4.78, 5) is 22.1. The summed E-state index contributed by atoms with van der Waals surface area (Å²) in [6, 6.07) is 6.44. The second-order valence-corrected chi connectivity index (χ2v) is 6.23. The Labute approximate surface area is 149 Å². The minimum absolute atomic E-state index is 0.0682. The summed E-state index contributed by atoms with van der Waals surface area (Å²) >= 11 is 0. The number of carboxylic acids is 1. The number of hydrogen-bond donors (Lipinski definition) is 1.